The summed E-state index contributed by atoms with van der Waals surface area (Å²) in [5, 5.41) is 6.49. The van der Waals surface area contributed by atoms with Crippen molar-refractivity contribution < 1.29 is 8.42 Å². The first kappa shape index (κ1) is 22.4. The van der Waals surface area contributed by atoms with Crippen LogP contribution in [0.4, 0.5) is 0 Å². The Bertz CT molecular complexity index is 692. The molecule has 1 aromatic carbocycles. The summed E-state index contributed by atoms with van der Waals surface area (Å²) < 4.78 is 28.1. The first-order chi connectivity index (χ1) is 12.0. The Hall–Kier alpha value is -1.60. The van der Waals surface area contributed by atoms with E-state index in [-0.39, 0.29) is 11.4 Å². The van der Waals surface area contributed by atoms with Gasteiger partial charge in [0.2, 0.25) is 10.0 Å². The molecule has 1 aromatic rings. The lowest BCUT2D eigenvalue weighted by Gasteiger charge is -2.21. The largest absolute Gasteiger partial charge is 0.357 e. The van der Waals surface area contributed by atoms with Gasteiger partial charge in [-0.1, -0.05) is 32.0 Å². The summed E-state index contributed by atoms with van der Waals surface area (Å²) in [5.74, 6) is 1.31. The van der Waals surface area contributed by atoms with E-state index < -0.39 is 15.6 Å². The smallest absolute Gasteiger partial charge is 0.241 e. The predicted octanol–water partition coefficient (Wildman–Crippen LogP) is 2.86. The van der Waals surface area contributed by atoms with Crippen LogP contribution in [0.2, 0.25) is 0 Å². The van der Waals surface area contributed by atoms with E-state index >= 15 is 0 Å². The number of benzene rings is 1. The Morgan fingerprint density at radius 3 is 2.38 bits per heavy atom. The molecule has 0 aliphatic rings. The summed E-state index contributed by atoms with van der Waals surface area (Å²) in [4.78, 5) is 4.83. The van der Waals surface area contributed by atoms with Gasteiger partial charge in [-0.25, -0.2) is 18.1 Å². The third-order valence-electron chi connectivity index (χ3n) is 3.47. The lowest BCUT2D eigenvalue weighted by molar-refractivity contribution is 0.491. The summed E-state index contributed by atoms with van der Waals surface area (Å²) in [6.45, 7) is 13.7. The van der Waals surface area contributed by atoms with Gasteiger partial charge in [-0.3, -0.25) is 0 Å². The van der Waals surface area contributed by atoms with Crippen LogP contribution in [-0.2, 0) is 16.6 Å². The zero-order valence-corrected chi connectivity index (χ0v) is 17.7. The molecule has 0 saturated heterocycles. The lowest BCUT2D eigenvalue weighted by Crippen LogP contribution is -2.40. The van der Waals surface area contributed by atoms with Gasteiger partial charge in [0.25, 0.3) is 0 Å². The Balaban J connectivity index is 2.98. The van der Waals surface area contributed by atoms with Crippen molar-refractivity contribution in [3.05, 3.63) is 29.8 Å². The Morgan fingerprint density at radius 1 is 1.15 bits per heavy atom. The maximum Gasteiger partial charge on any atom is 0.241 e. The second-order valence-corrected chi connectivity index (χ2v) is 9.42. The number of nitrogens with one attached hydrogen (secondary N) is 3. The highest BCUT2D eigenvalue weighted by molar-refractivity contribution is 7.89. The predicted molar refractivity (Wildman–Crippen MR) is 109 cm³/mol. The van der Waals surface area contributed by atoms with Gasteiger partial charge in [-0.05, 0) is 51.7 Å². The maximum absolute atomic E-state index is 12.7. The van der Waals surface area contributed by atoms with Crippen molar-refractivity contribution in [3.63, 3.8) is 0 Å². The number of sulfonamides is 1. The zero-order chi connectivity index (χ0) is 19.8. The summed E-state index contributed by atoms with van der Waals surface area (Å²) in [6, 6.07) is 6.99. The van der Waals surface area contributed by atoms with Crippen LogP contribution in [0.3, 0.4) is 0 Å². The van der Waals surface area contributed by atoms with E-state index in [1.165, 1.54) is 0 Å². The molecule has 7 heteroatoms. The summed E-state index contributed by atoms with van der Waals surface area (Å²) in [6.07, 6.45) is 1.05. The first-order valence-electron chi connectivity index (χ1n) is 9.19. The molecule has 0 fully saturated rings. The fraction of sp³-hybridized carbons (Fsp3) is 0.632. The minimum absolute atomic E-state index is 0.275. The molecule has 6 nitrogen and oxygen atoms in total. The molecule has 0 bridgehead atoms. The van der Waals surface area contributed by atoms with Gasteiger partial charge < -0.3 is 10.6 Å². The highest BCUT2D eigenvalue weighted by Gasteiger charge is 2.24. The number of hydrogen-bond acceptors (Lipinski definition) is 3. The minimum atomic E-state index is -3.60. The van der Waals surface area contributed by atoms with Gasteiger partial charge in [0.05, 0.1) is 11.4 Å². The zero-order valence-electron chi connectivity index (χ0n) is 16.9. The van der Waals surface area contributed by atoms with E-state index in [4.69, 9.17) is 0 Å². The second kappa shape index (κ2) is 9.92. The third-order valence-corrected chi connectivity index (χ3v) is 5.33. The summed E-state index contributed by atoms with van der Waals surface area (Å²) >= 11 is 0. The molecule has 1 rings (SSSR count). The highest BCUT2D eigenvalue weighted by Crippen LogP contribution is 2.18. The lowest BCUT2D eigenvalue weighted by atomic mass is 10.1. The number of aliphatic imine (C=N–C) groups is 1. The van der Waals surface area contributed by atoms with Crippen LogP contribution in [0.1, 0.15) is 53.5 Å². The van der Waals surface area contributed by atoms with E-state index in [9.17, 15) is 8.42 Å². The van der Waals surface area contributed by atoms with Gasteiger partial charge in [-0.2, -0.15) is 0 Å². The van der Waals surface area contributed by atoms with E-state index in [1.807, 2.05) is 33.8 Å². The molecule has 0 aromatic heterocycles. The quantitative estimate of drug-likeness (QED) is 0.477. The van der Waals surface area contributed by atoms with Crippen molar-refractivity contribution in [1.82, 2.24) is 15.4 Å². The van der Waals surface area contributed by atoms with Crippen LogP contribution in [-0.4, -0.2) is 33.0 Å². The van der Waals surface area contributed by atoms with Crippen molar-refractivity contribution in [3.8, 4) is 0 Å². The Kier molecular flexibility index (Phi) is 8.56. The van der Waals surface area contributed by atoms with Crippen LogP contribution in [0.25, 0.3) is 0 Å². The monoisotopic (exact) mass is 382 g/mol. The van der Waals surface area contributed by atoms with E-state index in [0.29, 0.717) is 17.4 Å². The molecule has 0 radical (unpaired) electrons. The standard InChI is InChI=1S/C19H34N4O2S/c1-7-20-18(21-13-12-15(2)3)22-14-16-10-8-9-11-17(16)26(24,25)23-19(4,5)6/h8-11,15,23H,7,12-14H2,1-6H3,(H2,20,21,22). The van der Waals surface area contributed by atoms with Crippen molar-refractivity contribution >= 4 is 16.0 Å². The van der Waals surface area contributed by atoms with Crippen molar-refractivity contribution in [2.45, 2.75) is 64.9 Å². The molecular formula is C19H34N4O2S. The molecule has 0 aliphatic heterocycles. The third kappa shape index (κ3) is 8.19. The summed E-state index contributed by atoms with van der Waals surface area (Å²) in [5.41, 5.74) is 0.132. The average Bonchev–Trinajstić information content (AvgIpc) is 2.50. The number of nitrogens with zero attached hydrogens (tertiary/aromatic N) is 1. The molecule has 0 spiro atoms. The number of hydrogen-bond donors (Lipinski definition) is 3. The average molecular weight is 383 g/mol. The molecule has 26 heavy (non-hydrogen) atoms. The van der Waals surface area contributed by atoms with Crippen LogP contribution in [0.15, 0.2) is 34.2 Å². The second-order valence-electron chi connectivity index (χ2n) is 7.77. The van der Waals surface area contributed by atoms with E-state index in [2.05, 4.69) is 34.2 Å². The summed E-state index contributed by atoms with van der Waals surface area (Å²) in [7, 11) is -3.60. The fourth-order valence-electron chi connectivity index (χ4n) is 2.34. The number of guanidine groups is 1. The molecule has 0 atom stereocenters. The highest BCUT2D eigenvalue weighted by atomic mass is 32.2. The van der Waals surface area contributed by atoms with E-state index in [0.717, 1.165) is 19.5 Å². The van der Waals surface area contributed by atoms with Crippen LogP contribution in [0.5, 0.6) is 0 Å². The van der Waals surface area contributed by atoms with Gasteiger partial charge in [-0.15, -0.1) is 0 Å². The maximum atomic E-state index is 12.7. The van der Waals surface area contributed by atoms with Crippen molar-refractivity contribution in [2.75, 3.05) is 13.1 Å². The SMILES string of the molecule is CCNC(=NCc1ccccc1S(=O)(=O)NC(C)(C)C)NCCC(C)C. The first-order valence-corrected chi connectivity index (χ1v) is 10.7. The van der Waals surface area contributed by atoms with E-state index in [1.54, 1.807) is 18.2 Å². The van der Waals surface area contributed by atoms with Gasteiger partial charge in [0.15, 0.2) is 5.96 Å². The van der Waals surface area contributed by atoms with Crippen molar-refractivity contribution in [2.24, 2.45) is 10.9 Å². The Labute approximate surface area is 158 Å². The molecular weight excluding hydrogens is 348 g/mol. The topological polar surface area (TPSA) is 82.6 Å². The Morgan fingerprint density at radius 2 is 1.81 bits per heavy atom. The van der Waals surface area contributed by atoms with Crippen LogP contribution < -0.4 is 15.4 Å². The molecule has 0 saturated carbocycles. The van der Waals surface area contributed by atoms with Gasteiger partial charge >= 0.3 is 0 Å². The molecule has 3 N–H and O–H groups in total. The molecule has 0 aliphatic carbocycles. The molecule has 0 heterocycles. The molecule has 148 valence electrons. The van der Waals surface area contributed by atoms with Gasteiger partial charge in [0.1, 0.15) is 0 Å². The molecule has 0 amide bonds. The van der Waals surface area contributed by atoms with Crippen molar-refractivity contribution in [1.29, 1.82) is 0 Å². The number of rotatable bonds is 8. The fourth-order valence-corrected chi connectivity index (χ4v) is 3.99. The van der Waals surface area contributed by atoms with Gasteiger partial charge in [0, 0.05) is 18.6 Å². The molecule has 0 unspecified atom stereocenters. The van der Waals surface area contributed by atoms with Crippen LogP contribution >= 0.6 is 0 Å². The minimum Gasteiger partial charge on any atom is -0.357 e. The normalized spacial score (nSPS) is 13.1. The van der Waals surface area contributed by atoms with Crippen LogP contribution in [0, 0.1) is 5.92 Å².